The zero-order chi connectivity index (χ0) is 16.6. The molecule has 0 amide bonds. The lowest BCUT2D eigenvalue weighted by Crippen LogP contribution is -2.27. The smallest absolute Gasteiger partial charge is 0.0457 e. The van der Waals surface area contributed by atoms with Crippen LogP contribution in [0.3, 0.4) is 0 Å². The molecule has 1 aromatic carbocycles. The Kier molecular flexibility index (Phi) is 6.77. The molecule has 0 unspecified atom stereocenters. The molecule has 2 nitrogen and oxygen atoms in total. The summed E-state index contributed by atoms with van der Waals surface area (Å²) in [6.07, 6.45) is 15.0. The Morgan fingerprint density at radius 3 is 2.62 bits per heavy atom. The molecule has 1 saturated carbocycles. The molecule has 1 heterocycles. The van der Waals surface area contributed by atoms with E-state index in [0.717, 1.165) is 12.5 Å². The number of rotatable bonds is 8. The number of aromatic nitrogens is 1. The Hall–Kier alpha value is -1.28. The van der Waals surface area contributed by atoms with E-state index in [1.807, 2.05) is 0 Å². The number of benzene rings is 1. The Morgan fingerprint density at radius 2 is 1.83 bits per heavy atom. The normalized spacial score (nSPS) is 16.8. The summed E-state index contributed by atoms with van der Waals surface area (Å²) in [5, 5.41) is 1.40. The van der Waals surface area contributed by atoms with Gasteiger partial charge in [-0.2, -0.15) is 0 Å². The minimum absolute atomic E-state index is 0.972. The summed E-state index contributed by atoms with van der Waals surface area (Å²) in [4.78, 5) is 6.14. The molecule has 2 aromatic rings. The standard InChI is InChI=1S/C22H34N2/c1-2-3-15-24(16-14-19-10-6-4-5-7-11-19)18-20-17-23-22-13-9-8-12-21(20)22/h8-9,12-13,17,19,23H,2-7,10-11,14-16,18H2,1H3. The predicted octanol–water partition coefficient (Wildman–Crippen LogP) is 6.13. The first kappa shape index (κ1) is 17.5. The molecular weight excluding hydrogens is 292 g/mol. The minimum Gasteiger partial charge on any atom is -0.361 e. The molecule has 24 heavy (non-hydrogen) atoms. The third-order valence-electron chi connectivity index (χ3n) is 5.73. The quantitative estimate of drug-likeness (QED) is 0.578. The fourth-order valence-corrected chi connectivity index (χ4v) is 4.17. The zero-order valence-corrected chi connectivity index (χ0v) is 15.4. The molecule has 1 N–H and O–H groups in total. The third-order valence-corrected chi connectivity index (χ3v) is 5.73. The highest BCUT2D eigenvalue weighted by Gasteiger charge is 2.15. The first-order valence-electron chi connectivity index (χ1n) is 10.1. The molecule has 132 valence electrons. The molecule has 0 bridgehead atoms. The predicted molar refractivity (Wildman–Crippen MR) is 104 cm³/mol. The van der Waals surface area contributed by atoms with Gasteiger partial charge in [0, 0.05) is 23.6 Å². The Morgan fingerprint density at radius 1 is 1.04 bits per heavy atom. The second kappa shape index (κ2) is 9.27. The molecule has 3 rings (SSSR count). The van der Waals surface area contributed by atoms with Crippen LogP contribution in [0.5, 0.6) is 0 Å². The lowest BCUT2D eigenvalue weighted by atomic mass is 9.96. The van der Waals surface area contributed by atoms with E-state index in [-0.39, 0.29) is 0 Å². The van der Waals surface area contributed by atoms with Gasteiger partial charge in [0.25, 0.3) is 0 Å². The second-order valence-corrected chi connectivity index (χ2v) is 7.64. The van der Waals surface area contributed by atoms with Gasteiger partial charge < -0.3 is 4.98 Å². The van der Waals surface area contributed by atoms with Crippen LogP contribution in [0.4, 0.5) is 0 Å². The third kappa shape index (κ3) is 4.86. The van der Waals surface area contributed by atoms with Gasteiger partial charge >= 0.3 is 0 Å². The van der Waals surface area contributed by atoms with Gasteiger partial charge in [0.05, 0.1) is 0 Å². The van der Waals surface area contributed by atoms with Crippen LogP contribution in [0.1, 0.15) is 70.3 Å². The molecule has 0 aliphatic heterocycles. The van der Waals surface area contributed by atoms with Crippen LogP contribution < -0.4 is 0 Å². The molecule has 1 aliphatic rings. The van der Waals surface area contributed by atoms with E-state index in [0.29, 0.717) is 0 Å². The van der Waals surface area contributed by atoms with Gasteiger partial charge in [-0.3, -0.25) is 4.90 Å². The van der Waals surface area contributed by atoms with Crippen molar-refractivity contribution < 1.29 is 0 Å². The van der Waals surface area contributed by atoms with Gasteiger partial charge in [-0.25, -0.2) is 0 Å². The highest BCUT2D eigenvalue weighted by atomic mass is 15.1. The first-order chi connectivity index (χ1) is 11.9. The van der Waals surface area contributed by atoms with E-state index in [1.54, 1.807) is 0 Å². The molecule has 0 saturated heterocycles. The van der Waals surface area contributed by atoms with Crippen LogP contribution in [0.15, 0.2) is 30.5 Å². The fraction of sp³-hybridized carbons (Fsp3) is 0.636. The molecule has 1 aliphatic carbocycles. The minimum atomic E-state index is 0.972. The summed E-state index contributed by atoms with van der Waals surface area (Å²) in [5.74, 6) is 0.972. The summed E-state index contributed by atoms with van der Waals surface area (Å²) in [6, 6.07) is 8.70. The van der Waals surface area contributed by atoms with Gasteiger partial charge in [-0.1, -0.05) is 70.1 Å². The number of unbranched alkanes of at least 4 members (excludes halogenated alkanes) is 1. The second-order valence-electron chi connectivity index (χ2n) is 7.64. The summed E-state index contributed by atoms with van der Waals surface area (Å²) in [6.45, 7) is 5.90. The molecule has 1 fully saturated rings. The summed E-state index contributed by atoms with van der Waals surface area (Å²) in [5.41, 5.74) is 2.73. The average Bonchev–Trinajstić information content (AvgIpc) is 2.83. The van der Waals surface area contributed by atoms with Crippen molar-refractivity contribution in [2.45, 2.75) is 71.3 Å². The summed E-state index contributed by atoms with van der Waals surface area (Å²) >= 11 is 0. The Bertz CT molecular complexity index is 593. The van der Waals surface area contributed by atoms with Crippen molar-refractivity contribution in [1.82, 2.24) is 9.88 Å². The van der Waals surface area contributed by atoms with E-state index in [2.05, 4.69) is 47.3 Å². The van der Waals surface area contributed by atoms with E-state index >= 15 is 0 Å². The van der Waals surface area contributed by atoms with Crippen molar-refractivity contribution in [2.24, 2.45) is 5.92 Å². The average molecular weight is 327 g/mol. The fourth-order valence-electron chi connectivity index (χ4n) is 4.17. The SMILES string of the molecule is CCCCN(CCC1CCCCCC1)Cc1c[nH]c2ccccc12. The summed E-state index contributed by atoms with van der Waals surface area (Å²) < 4.78 is 0. The van der Waals surface area contributed by atoms with Gasteiger partial charge in [-0.15, -0.1) is 0 Å². The largest absolute Gasteiger partial charge is 0.361 e. The van der Waals surface area contributed by atoms with Crippen molar-refractivity contribution >= 4 is 10.9 Å². The van der Waals surface area contributed by atoms with Gasteiger partial charge in [0.2, 0.25) is 0 Å². The number of fused-ring (bicyclic) bond motifs is 1. The first-order valence-corrected chi connectivity index (χ1v) is 10.1. The maximum absolute atomic E-state index is 3.44. The maximum Gasteiger partial charge on any atom is 0.0457 e. The van der Waals surface area contributed by atoms with E-state index < -0.39 is 0 Å². The van der Waals surface area contributed by atoms with Crippen LogP contribution in [0, 0.1) is 5.92 Å². The van der Waals surface area contributed by atoms with E-state index in [4.69, 9.17) is 0 Å². The summed E-state index contributed by atoms with van der Waals surface area (Å²) in [7, 11) is 0. The van der Waals surface area contributed by atoms with E-state index in [1.165, 1.54) is 87.3 Å². The van der Waals surface area contributed by atoms with Gasteiger partial charge in [-0.05, 0) is 43.5 Å². The van der Waals surface area contributed by atoms with Crippen LogP contribution in [-0.2, 0) is 6.54 Å². The van der Waals surface area contributed by atoms with E-state index in [9.17, 15) is 0 Å². The zero-order valence-electron chi connectivity index (χ0n) is 15.4. The number of hydrogen-bond donors (Lipinski definition) is 1. The van der Waals surface area contributed by atoms with Gasteiger partial charge in [0.1, 0.15) is 0 Å². The monoisotopic (exact) mass is 326 g/mol. The molecule has 2 heteroatoms. The number of nitrogens with zero attached hydrogens (tertiary/aromatic N) is 1. The highest BCUT2D eigenvalue weighted by Crippen LogP contribution is 2.26. The number of para-hydroxylation sites is 1. The number of nitrogens with one attached hydrogen (secondary N) is 1. The Labute approximate surface area is 147 Å². The highest BCUT2D eigenvalue weighted by molar-refractivity contribution is 5.82. The van der Waals surface area contributed by atoms with Crippen molar-refractivity contribution in [2.75, 3.05) is 13.1 Å². The molecular formula is C22H34N2. The molecule has 0 spiro atoms. The topological polar surface area (TPSA) is 19.0 Å². The van der Waals surface area contributed by atoms with Crippen molar-refractivity contribution in [3.05, 3.63) is 36.0 Å². The van der Waals surface area contributed by atoms with Crippen LogP contribution in [0.2, 0.25) is 0 Å². The molecule has 0 radical (unpaired) electrons. The number of hydrogen-bond acceptors (Lipinski definition) is 1. The van der Waals surface area contributed by atoms with Crippen LogP contribution >= 0.6 is 0 Å². The van der Waals surface area contributed by atoms with Crippen molar-refractivity contribution in [3.63, 3.8) is 0 Å². The van der Waals surface area contributed by atoms with Crippen LogP contribution in [0.25, 0.3) is 10.9 Å². The number of aromatic amines is 1. The molecule has 1 aromatic heterocycles. The lowest BCUT2D eigenvalue weighted by Gasteiger charge is -2.24. The molecule has 0 atom stereocenters. The van der Waals surface area contributed by atoms with Gasteiger partial charge in [0.15, 0.2) is 0 Å². The van der Waals surface area contributed by atoms with Crippen LogP contribution in [-0.4, -0.2) is 23.0 Å². The Balaban J connectivity index is 1.60. The lowest BCUT2D eigenvalue weighted by molar-refractivity contribution is 0.234. The maximum atomic E-state index is 3.44. The van der Waals surface area contributed by atoms with Crippen molar-refractivity contribution in [3.8, 4) is 0 Å². The number of H-pyrrole nitrogens is 1. The van der Waals surface area contributed by atoms with Crippen molar-refractivity contribution in [1.29, 1.82) is 0 Å².